The molecule has 0 N–H and O–H groups in total. The third-order valence-electron chi connectivity index (χ3n) is 1.23. The predicted molar refractivity (Wildman–Crippen MR) is 37.0 cm³/mol. The highest BCUT2D eigenvalue weighted by Gasteiger charge is 2.13. The molecule has 0 saturated carbocycles. The summed E-state index contributed by atoms with van der Waals surface area (Å²) in [4.78, 5) is 0. The first-order valence-electron chi connectivity index (χ1n) is 3.41. The molecular formula is C8H12O. The monoisotopic (exact) mass is 124 g/mol. The summed E-state index contributed by atoms with van der Waals surface area (Å²) in [6.45, 7) is 5.08. The van der Waals surface area contributed by atoms with Crippen LogP contribution < -0.4 is 0 Å². The Morgan fingerprint density at radius 3 is 2.56 bits per heavy atom. The van der Waals surface area contributed by atoms with Crippen LogP contribution in [-0.2, 0) is 4.74 Å². The third-order valence-corrected chi connectivity index (χ3v) is 1.23. The Morgan fingerprint density at radius 2 is 2.22 bits per heavy atom. The van der Waals surface area contributed by atoms with Crippen molar-refractivity contribution in [3.8, 4) is 11.8 Å². The summed E-state index contributed by atoms with van der Waals surface area (Å²) in [5.74, 6) is 6.60. The van der Waals surface area contributed by atoms with E-state index < -0.39 is 0 Å². The lowest BCUT2D eigenvalue weighted by atomic mass is 10.1. The lowest BCUT2D eigenvalue weighted by molar-refractivity contribution is -0.0123. The lowest BCUT2D eigenvalue weighted by Crippen LogP contribution is -2.24. The fraction of sp³-hybridized carbons (Fsp3) is 0.750. The fourth-order valence-electron chi connectivity index (χ4n) is 0.609. The smallest absolute Gasteiger partial charge is 0.120 e. The predicted octanol–water partition coefficient (Wildman–Crippen LogP) is 1.43. The Balaban J connectivity index is 2.23. The first kappa shape index (κ1) is 6.64. The largest absolute Gasteiger partial charge is 0.365 e. The second-order valence-electron chi connectivity index (χ2n) is 2.59. The molecule has 1 saturated heterocycles. The Hall–Kier alpha value is -0.480. The molecule has 0 aromatic rings. The highest BCUT2D eigenvalue weighted by molar-refractivity contribution is 5.08. The van der Waals surface area contributed by atoms with Gasteiger partial charge < -0.3 is 4.74 Å². The molecule has 9 heavy (non-hydrogen) atoms. The van der Waals surface area contributed by atoms with E-state index in [-0.39, 0.29) is 6.10 Å². The minimum atomic E-state index is 0.257. The van der Waals surface area contributed by atoms with Gasteiger partial charge in [0, 0.05) is 12.3 Å². The van der Waals surface area contributed by atoms with Crippen molar-refractivity contribution < 1.29 is 4.74 Å². The Labute approximate surface area is 56.4 Å². The molecule has 0 aromatic carbocycles. The molecular weight excluding hydrogens is 112 g/mol. The Morgan fingerprint density at radius 1 is 1.56 bits per heavy atom. The molecule has 0 bridgehead atoms. The normalized spacial score (nSPS) is 24.6. The number of hydrogen-bond donors (Lipinski definition) is 0. The van der Waals surface area contributed by atoms with Gasteiger partial charge in [-0.25, -0.2) is 0 Å². The van der Waals surface area contributed by atoms with Gasteiger partial charge in [0.2, 0.25) is 0 Å². The molecule has 1 rings (SSSR count). The number of rotatable bonds is 0. The van der Waals surface area contributed by atoms with E-state index in [2.05, 4.69) is 25.7 Å². The van der Waals surface area contributed by atoms with E-state index in [1.54, 1.807) is 0 Å². The van der Waals surface area contributed by atoms with E-state index in [1.807, 2.05) is 0 Å². The highest BCUT2D eigenvalue weighted by atomic mass is 16.5. The zero-order valence-electron chi connectivity index (χ0n) is 5.98. The van der Waals surface area contributed by atoms with Gasteiger partial charge >= 0.3 is 0 Å². The molecule has 1 atom stereocenters. The van der Waals surface area contributed by atoms with Gasteiger partial charge in [-0.05, 0) is 0 Å². The number of ether oxygens (including phenoxy) is 1. The average Bonchev–Trinajstić information content (AvgIpc) is 1.60. The van der Waals surface area contributed by atoms with E-state index in [0.717, 1.165) is 13.0 Å². The molecule has 50 valence electrons. The molecule has 1 heterocycles. The highest BCUT2D eigenvalue weighted by Crippen LogP contribution is 2.08. The van der Waals surface area contributed by atoms with E-state index in [9.17, 15) is 0 Å². The van der Waals surface area contributed by atoms with Crippen LogP contribution in [0, 0.1) is 17.8 Å². The lowest BCUT2D eigenvalue weighted by Gasteiger charge is -2.20. The average molecular weight is 124 g/mol. The summed E-state index contributed by atoms with van der Waals surface area (Å²) in [7, 11) is 0. The molecule has 0 unspecified atom stereocenters. The van der Waals surface area contributed by atoms with Crippen molar-refractivity contribution in [1.29, 1.82) is 0 Å². The van der Waals surface area contributed by atoms with Crippen molar-refractivity contribution in [3.63, 3.8) is 0 Å². The van der Waals surface area contributed by atoms with E-state index >= 15 is 0 Å². The van der Waals surface area contributed by atoms with Crippen molar-refractivity contribution in [2.45, 2.75) is 26.4 Å². The maximum absolute atomic E-state index is 5.11. The van der Waals surface area contributed by atoms with Crippen LogP contribution in [0.15, 0.2) is 0 Å². The summed E-state index contributed by atoms with van der Waals surface area (Å²) in [6, 6.07) is 0. The Kier molecular flexibility index (Phi) is 2.13. The molecule has 1 aliphatic heterocycles. The minimum absolute atomic E-state index is 0.257. The summed E-state index contributed by atoms with van der Waals surface area (Å²) in [5.41, 5.74) is 0. The van der Waals surface area contributed by atoms with Crippen molar-refractivity contribution in [2.75, 3.05) is 6.61 Å². The van der Waals surface area contributed by atoms with Crippen molar-refractivity contribution in [1.82, 2.24) is 0 Å². The molecule has 0 spiro atoms. The van der Waals surface area contributed by atoms with E-state index in [4.69, 9.17) is 4.74 Å². The molecule has 1 aliphatic rings. The minimum Gasteiger partial charge on any atom is -0.365 e. The molecule has 1 heteroatoms. The fourth-order valence-corrected chi connectivity index (χ4v) is 0.609. The van der Waals surface area contributed by atoms with Crippen molar-refractivity contribution in [2.24, 2.45) is 5.92 Å². The van der Waals surface area contributed by atoms with Crippen LogP contribution in [0.3, 0.4) is 0 Å². The molecule has 1 nitrogen and oxygen atoms in total. The van der Waals surface area contributed by atoms with Crippen LogP contribution in [0.5, 0.6) is 0 Å². The van der Waals surface area contributed by atoms with Gasteiger partial charge in [-0.3, -0.25) is 0 Å². The van der Waals surface area contributed by atoms with Crippen LogP contribution >= 0.6 is 0 Å². The topological polar surface area (TPSA) is 9.23 Å². The van der Waals surface area contributed by atoms with Crippen LogP contribution in [-0.4, -0.2) is 12.7 Å². The first-order valence-corrected chi connectivity index (χ1v) is 3.41. The summed E-state index contributed by atoms with van der Waals surface area (Å²) < 4.78 is 5.11. The maximum Gasteiger partial charge on any atom is 0.120 e. The molecule has 0 aliphatic carbocycles. The van der Waals surface area contributed by atoms with E-state index in [0.29, 0.717) is 5.92 Å². The van der Waals surface area contributed by atoms with Crippen LogP contribution in [0.1, 0.15) is 20.3 Å². The Bertz CT molecular complexity index is 134. The van der Waals surface area contributed by atoms with Gasteiger partial charge in [0.15, 0.2) is 0 Å². The quantitative estimate of drug-likeness (QED) is 0.444. The molecule has 1 fully saturated rings. The van der Waals surface area contributed by atoms with Crippen LogP contribution in [0.4, 0.5) is 0 Å². The van der Waals surface area contributed by atoms with Gasteiger partial charge in [0.1, 0.15) is 6.10 Å². The number of hydrogen-bond acceptors (Lipinski definition) is 1. The molecule has 0 radical (unpaired) electrons. The SMILES string of the molecule is CC(C)C#C[C@H]1CCO1. The zero-order chi connectivity index (χ0) is 6.69. The maximum atomic E-state index is 5.11. The third kappa shape index (κ3) is 2.07. The second kappa shape index (κ2) is 2.89. The van der Waals surface area contributed by atoms with Gasteiger partial charge in [0.25, 0.3) is 0 Å². The summed E-state index contributed by atoms with van der Waals surface area (Å²) in [5, 5.41) is 0. The van der Waals surface area contributed by atoms with Crippen molar-refractivity contribution in [3.05, 3.63) is 0 Å². The molecule has 0 amide bonds. The van der Waals surface area contributed by atoms with Gasteiger partial charge in [-0.1, -0.05) is 25.7 Å². The van der Waals surface area contributed by atoms with E-state index in [1.165, 1.54) is 0 Å². The first-order chi connectivity index (χ1) is 4.29. The zero-order valence-corrected chi connectivity index (χ0v) is 5.98. The second-order valence-corrected chi connectivity index (χ2v) is 2.59. The van der Waals surface area contributed by atoms with Gasteiger partial charge in [-0.15, -0.1) is 0 Å². The van der Waals surface area contributed by atoms with Crippen molar-refractivity contribution >= 4 is 0 Å². The van der Waals surface area contributed by atoms with Gasteiger partial charge in [0.05, 0.1) is 6.61 Å². The standard InChI is InChI=1S/C8H12O/c1-7(2)3-4-8-5-6-9-8/h7-8H,5-6H2,1-2H3/t8-/m0/s1. The van der Waals surface area contributed by atoms with Gasteiger partial charge in [-0.2, -0.15) is 0 Å². The molecule has 0 aromatic heterocycles. The summed E-state index contributed by atoms with van der Waals surface area (Å²) in [6.07, 6.45) is 1.38. The van der Waals surface area contributed by atoms with Crippen LogP contribution in [0.2, 0.25) is 0 Å². The van der Waals surface area contributed by atoms with Crippen LogP contribution in [0.25, 0.3) is 0 Å². The summed E-state index contributed by atoms with van der Waals surface area (Å²) >= 11 is 0.